The molecule has 6 rings (SSSR count). The molecular formula is C22H21FN4O2. The summed E-state index contributed by atoms with van der Waals surface area (Å²) in [6, 6.07) is 10.2. The van der Waals surface area contributed by atoms with Gasteiger partial charge in [-0.05, 0) is 43.2 Å². The van der Waals surface area contributed by atoms with Gasteiger partial charge in [-0.15, -0.1) is 0 Å². The predicted molar refractivity (Wildman–Crippen MR) is 108 cm³/mol. The third kappa shape index (κ3) is 2.81. The zero-order chi connectivity index (χ0) is 19.5. The van der Waals surface area contributed by atoms with Crippen LogP contribution in [0.2, 0.25) is 0 Å². The molecule has 29 heavy (non-hydrogen) atoms. The Hall–Kier alpha value is -2.90. The number of aliphatic hydroxyl groups excluding tert-OH is 1. The summed E-state index contributed by atoms with van der Waals surface area (Å²) in [5, 5.41) is 14.2. The Morgan fingerprint density at radius 3 is 2.79 bits per heavy atom. The van der Waals surface area contributed by atoms with Crippen molar-refractivity contribution in [2.24, 2.45) is 0 Å². The molecule has 2 bridgehead atoms. The number of nitrogens with zero attached hydrogens (tertiary/aromatic N) is 3. The third-order valence-corrected chi connectivity index (χ3v) is 6.13. The number of pyridine rings is 1. The van der Waals surface area contributed by atoms with Crippen LogP contribution in [-0.4, -0.2) is 46.0 Å². The fourth-order valence-electron chi connectivity index (χ4n) is 4.69. The van der Waals surface area contributed by atoms with Gasteiger partial charge in [-0.1, -0.05) is 0 Å². The van der Waals surface area contributed by atoms with E-state index < -0.39 is 12.1 Å². The van der Waals surface area contributed by atoms with E-state index in [0.29, 0.717) is 29.1 Å². The van der Waals surface area contributed by atoms with Crippen molar-refractivity contribution in [2.75, 3.05) is 18.0 Å². The van der Waals surface area contributed by atoms with E-state index >= 15 is 0 Å². The lowest BCUT2D eigenvalue weighted by Gasteiger charge is -2.35. The number of aromatic nitrogens is 2. The van der Waals surface area contributed by atoms with E-state index in [2.05, 4.69) is 21.3 Å². The molecular weight excluding hydrogens is 371 g/mol. The van der Waals surface area contributed by atoms with Gasteiger partial charge in [0.2, 0.25) is 6.29 Å². The minimum Gasteiger partial charge on any atom is -0.460 e. The Labute approximate surface area is 167 Å². The van der Waals surface area contributed by atoms with E-state index in [1.807, 2.05) is 18.2 Å². The van der Waals surface area contributed by atoms with Crippen LogP contribution in [0.4, 0.5) is 10.1 Å². The molecule has 5 heterocycles. The number of benzene rings is 1. The Balaban J connectivity index is 1.34. The topological polar surface area (TPSA) is 62.0 Å². The number of nitrogens with one attached hydrogen (secondary N) is 1. The van der Waals surface area contributed by atoms with Gasteiger partial charge >= 0.3 is 0 Å². The van der Waals surface area contributed by atoms with Crippen LogP contribution >= 0.6 is 0 Å². The van der Waals surface area contributed by atoms with Gasteiger partial charge in [0.1, 0.15) is 5.75 Å². The number of rotatable bonds is 2. The summed E-state index contributed by atoms with van der Waals surface area (Å²) in [4.78, 5) is 6.73. The van der Waals surface area contributed by atoms with Gasteiger partial charge in [0.05, 0.1) is 5.69 Å². The number of aliphatic hydroxyl groups is 1. The molecule has 3 aliphatic rings. The van der Waals surface area contributed by atoms with Gasteiger partial charge in [-0.3, -0.25) is 0 Å². The van der Waals surface area contributed by atoms with Gasteiger partial charge in [-0.25, -0.2) is 9.37 Å². The van der Waals surface area contributed by atoms with Gasteiger partial charge in [0.25, 0.3) is 0 Å². The van der Waals surface area contributed by atoms with Gasteiger partial charge in [0, 0.05) is 60.5 Å². The van der Waals surface area contributed by atoms with Crippen molar-refractivity contribution in [3.63, 3.8) is 0 Å². The number of hydrogen-bond acceptors (Lipinski definition) is 5. The molecule has 3 atom stereocenters. The van der Waals surface area contributed by atoms with Crippen molar-refractivity contribution < 1.29 is 14.2 Å². The minimum absolute atomic E-state index is 0.227. The zero-order valence-corrected chi connectivity index (χ0v) is 15.8. The lowest BCUT2D eigenvalue weighted by Crippen LogP contribution is -2.51. The average molecular weight is 392 g/mol. The monoisotopic (exact) mass is 392 g/mol. The van der Waals surface area contributed by atoms with Crippen molar-refractivity contribution in [1.82, 2.24) is 14.7 Å². The number of fused-ring (bicyclic) bond motifs is 4. The van der Waals surface area contributed by atoms with Gasteiger partial charge in [-0.2, -0.15) is 0 Å². The first-order chi connectivity index (χ1) is 14.1. The first-order valence-corrected chi connectivity index (χ1v) is 9.99. The molecule has 0 spiro atoms. The highest BCUT2D eigenvalue weighted by Gasteiger charge is 2.33. The summed E-state index contributed by atoms with van der Waals surface area (Å²) in [5.74, 6) is 0.250. The van der Waals surface area contributed by atoms with E-state index in [0.717, 1.165) is 24.3 Å². The summed E-state index contributed by atoms with van der Waals surface area (Å²) in [6.07, 6.45) is 6.61. The maximum Gasteiger partial charge on any atom is 0.226 e. The molecule has 0 amide bonds. The molecule has 2 aromatic heterocycles. The lowest BCUT2D eigenvalue weighted by molar-refractivity contribution is 0.0318. The normalized spacial score (nSPS) is 25.7. The molecule has 3 unspecified atom stereocenters. The number of piperazine rings is 1. The molecule has 1 aromatic carbocycles. The number of halogens is 1. The van der Waals surface area contributed by atoms with Crippen LogP contribution in [0, 0.1) is 5.82 Å². The Bertz CT molecular complexity index is 1130. The van der Waals surface area contributed by atoms with Crippen LogP contribution < -0.4 is 15.0 Å². The molecule has 0 saturated carbocycles. The lowest BCUT2D eigenvalue weighted by atomic mass is 10.0. The van der Waals surface area contributed by atoms with Crippen molar-refractivity contribution in [3.05, 3.63) is 59.8 Å². The average Bonchev–Trinajstić information content (AvgIpc) is 3.30. The Kier molecular flexibility index (Phi) is 3.69. The number of imidazole rings is 1. The molecule has 3 aromatic rings. The van der Waals surface area contributed by atoms with E-state index in [1.165, 1.54) is 18.9 Å². The van der Waals surface area contributed by atoms with Crippen molar-refractivity contribution in [3.8, 4) is 5.75 Å². The second-order valence-electron chi connectivity index (χ2n) is 8.05. The molecule has 6 nitrogen and oxygen atoms in total. The van der Waals surface area contributed by atoms with Crippen molar-refractivity contribution in [2.45, 2.75) is 31.2 Å². The molecule has 148 valence electrons. The summed E-state index contributed by atoms with van der Waals surface area (Å²) in [6.45, 7) is 1.98. The van der Waals surface area contributed by atoms with E-state index in [9.17, 15) is 9.50 Å². The quantitative estimate of drug-likeness (QED) is 0.702. The zero-order valence-electron chi connectivity index (χ0n) is 15.8. The fraction of sp³-hybridized carbons (Fsp3) is 0.318. The number of ether oxygens (including phenoxy) is 1. The fourth-order valence-corrected chi connectivity index (χ4v) is 4.69. The molecule has 2 saturated heterocycles. The smallest absolute Gasteiger partial charge is 0.226 e. The van der Waals surface area contributed by atoms with Crippen molar-refractivity contribution >= 4 is 23.0 Å². The maximum atomic E-state index is 14.0. The van der Waals surface area contributed by atoms with Crippen LogP contribution in [0.1, 0.15) is 24.1 Å². The SMILES string of the molecule is OC1Oc2cc(N3CC4CCC(C3)N4)ccc2C=C1c1cn2cccc(F)c2n1. The Morgan fingerprint density at radius 1 is 1.17 bits per heavy atom. The summed E-state index contributed by atoms with van der Waals surface area (Å²) < 4.78 is 21.4. The Morgan fingerprint density at radius 2 is 2.00 bits per heavy atom. The molecule has 2 N–H and O–H groups in total. The van der Waals surface area contributed by atoms with Gasteiger partial charge < -0.3 is 24.5 Å². The molecule has 0 radical (unpaired) electrons. The van der Waals surface area contributed by atoms with Gasteiger partial charge in [0.15, 0.2) is 11.5 Å². The number of anilines is 1. The first-order valence-electron chi connectivity index (χ1n) is 9.99. The standard InChI is InChI=1S/C22H21FN4O2/c23-18-2-1-7-26-12-19(25-21(18)26)17-8-13-3-6-16(9-20(13)29-22(17)28)27-10-14-4-5-15(11-27)24-14/h1-3,6-9,12,14-15,22,24,28H,4-5,10-11H2. The molecule has 0 aliphatic carbocycles. The number of hydrogen-bond donors (Lipinski definition) is 2. The molecule has 7 heteroatoms. The van der Waals surface area contributed by atoms with Crippen molar-refractivity contribution in [1.29, 1.82) is 0 Å². The van der Waals surface area contributed by atoms with Crippen LogP contribution in [-0.2, 0) is 0 Å². The minimum atomic E-state index is -1.15. The second kappa shape index (κ2) is 6.30. The predicted octanol–water partition coefficient (Wildman–Crippen LogP) is 2.67. The maximum absolute atomic E-state index is 14.0. The van der Waals surface area contributed by atoms with Crippen LogP contribution in [0.15, 0.2) is 42.7 Å². The van der Waals surface area contributed by atoms with Crippen LogP contribution in [0.5, 0.6) is 5.75 Å². The third-order valence-electron chi connectivity index (χ3n) is 6.13. The second-order valence-corrected chi connectivity index (χ2v) is 8.05. The van der Waals surface area contributed by atoms with E-state index in [-0.39, 0.29) is 5.65 Å². The highest BCUT2D eigenvalue weighted by Crippen LogP contribution is 2.37. The summed E-state index contributed by atoms with van der Waals surface area (Å²) >= 11 is 0. The largest absolute Gasteiger partial charge is 0.460 e. The molecule has 2 fully saturated rings. The summed E-state index contributed by atoms with van der Waals surface area (Å²) in [7, 11) is 0. The highest BCUT2D eigenvalue weighted by atomic mass is 19.1. The van der Waals surface area contributed by atoms with E-state index in [1.54, 1.807) is 22.9 Å². The first kappa shape index (κ1) is 17.0. The van der Waals surface area contributed by atoms with Crippen LogP contribution in [0.25, 0.3) is 17.3 Å². The van der Waals surface area contributed by atoms with E-state index in [4.69, 9.17) is 4.74 Å². The van der Waals surface area contributed by atoms with Crippen LogP contribution in [0.3, 0.4) is 0 Å². The molecule has 3 aliphatic heterocycles. The summed E-state index contributed by atoms with van der Waals surface area (Å²) in [5.41, 5.74) is 3.24. The highest BCUT2D eigenvalue weighted by molar-refractivity contribution is 5.86.